The number of phenolic OH excluding ortho intramolecular Hbond substituents is 2. The molecule has 19 nitrogen and oxygen atoms in total. The molecule has 0 spiro atoms. The molecule has 63 heavy (non-hydrogen) atoms. The summed E-state index contributed by atoms with van der Waals surface area (Å²) < 4.78 is 52.3. The molecule has 2 amide bonds. The van der Waals surface area contributed by atoms with Crippen LogP contribution in [0.4, 0.5) is 22.7 Å². The molecule has 4 aromatic carbocycles. The Morgan fingerprint density at radius 3 is 1.29 bits per heavy atom. The molecule has 22 heteroatoms. The molecule has 0 bridgehead atoms. The van der Waals surface area contributed by atoms with Crippen LogP contribution in [0.5, 0.6) is 11.5 Å². The van der Waals surface area contributed by atoms with Crippen molar-refractivity contribution in [1.82, 2.24) is 9.44 Å². The Labute approximate surface area is 376 Å². The number of ketones is 2. The van der Waals surface area contributed by atoms with E-state index in [1.165, 1.54) is 76.5 Å². The summed E-state index contributed by atoms with van der Waals surface area (Å²) in [4.78, 5) is 47.7. The van der Waals surface area contributed by atoms with Gasteiger partial charge in [0.05, 0.1) is 32.5 Å². The number of hydrazone groups is 2. The number of hydrogen-bond donors (Lipinski definition) is 9. The van der Waals surface area contributed by atoms with Gasteiger partial charge in [-0.05, 0) is 91.9 Å². The van der Waals surface area contributed by atoms with Crippen molar-refractivity contribution in [3.05, 3.63) is 107 Å². The number of benzene rings is 4. The van der Waals surface area contributed by atoms with Gasteiger partial charge in [0.2, 0.25) is 43.4 Å². The number of aromatic hydroxyl groups is 2. The van der Waals surface area contributed by atoms with Crippen molar-refractivity contribution in [2.75, 3.05) is 35.6 Å². The second kappa shape index (κ2) is 22.0. The molecule has 2 aliphatic carbocycles. The third-order valence-corrected chi connectivity index (χ3v) is 11.1. The average molecular weight is 941 g/mol. The van der Waals surface area contributed by atoms with Crippen molar-refractivity contribution in [2.24, 2.45) is 15.9 Å². The smallest absolute Gasteiger partial charge is 0.506 e. The zero-order valence-electron chi connectivity index (χ0n) is 35.7. The molecule has 4 aromatic rings. The zero-order chi connectivity index (χ0) is 45.9. The van der Waals surface area contributed by atoms with Crippen LogP contribution in [0.15, 0.2) is 105 Å². The van der Waals surface area contributed by atoms with Crippen LogP contribution in [0.1, 0.15) is 51.4 Å². The summed E-state index contributed by atoms with van der Waals surface area (Å²) in [6.45, 7) is 6.58. The minimum atomic E-state index is -3.74. The predicted octanol–water partition coefficient (Wildman–Crippen LogP) is 3.81. The van der Waals surface area contributed by atoms with Crippen molar-refractivity contribution in [3.63, 3.8) is 0 Å². The van der Waals surface area contributed by atoms with Gasteiger partial charge in [0.1, 0.15) is 22.9 Å². The first kappa shape index (κ1) is 50.8. The number of nitrogens with one attached hydrogen (secondary N) is 6. The van der Waals surface area contributed by atoms with E-state index >= 15 is 0 Å². The van der Waals surface area contributed by atoms with Gasteiger partial charge in [0, 0.05) is 42.3 Å². The van der Waals surface area contributed by atoms with Crippen molar-refractivity contribution >= 4 is 89.8 Å². The molecule has 0 aromatic heterocycles. The number of hydrogen-bond acceptors (Lipinski definition) is 15. The van der Waals surface area contributed by atoms with Gasteiger partial charge in [-0.15, -0.1) is 0 Å². The van der Waals surface area contributed by atoms with Crippen LogP contribution in [0.3, 0.4) is 0 Å². The fourth-order valence-electron chi connectivity index (χ4n) is 5.50. The molecule has 0 radical (unpaired) electrons. The minimum absolute atomic E-state index is 0. The molecular formula is C41H46CrN9O10S2+. The van der Waals surface area contributed by atoms with Crippen LogP contribution in [0.25, 0.3) is 12.2 Å². The van der Waals surface area contributed by atoms with Gasteiger partial charge in [-0.2, -0.15) is 10.2 Å². The van der Waals surface area contributed by atoms with Gasteiger partial charge in [0.15, 0.2) is 0 Å². The van der Waals surface area contributed by atoms with Gasteiger partial charge in [-0.25, -0.2) is 26.3 Å². The number of carbonyl (C=O) groups is 4. The van der Waals surface area contributed by atoms with Crippen LogP contribution >= 0.6 is 0 Å². The van der Waals surface area contributed by atoms with Crippen molar-refractivity contribution in [1.29, 1.82) is 0 Å². The number of phenols is 2. The normalized spacial score (nSPS) is 14.0. The van der Waals surface area contributed by atoms with E-state index < -0.39 is 31.6 Å². The average Bonchev–Trinajstić information content (AvgIpc) is 3.21. The van der Waals surface area contributed by atoms with Crippen LogP contribution in [0, 0.1) is 0 Å². The number of carbonyl (C=O) groups excluding carboxylic acids is 4. The summed E-state index contributed by atoms with van der Waals surface area (Å²) in [7, 11) is -4.94. The van der Waals surface area contributed by atoms with Crippen LogP contribution in [-0.4, -0.2) is 82.0 Å². The van der Waals surface area contributed by atoms with Gasteiger partial charge < -0.3 is 26.6 Å². The third kappa shape index (κ3) is 13.2. The molecule has 0 aliphatic heterocycles. The second-order valence-electron chi connectivity index (χ2n) is 13.5. The largest absolute Gasteiger partial charge is 1.00 e. The maximum Gasteiger partial charge on any atom is 1.00 e. The summed E-state index contributed by atoms with van der Waals surface area (Å²) in [5, 5.41) is 33.6. The first-order valence-electron chi connectivity index (χ1n) is 18.4. The molecule has 0 saturated carbocycles. The number of nitrogens with zero attached hydrogens (tertiary/aromatic N) is 2. The van der Waals surface area contributed by atoms with Crippen LogP contribution in [-0.2, 0) is 56.6 Å². The van der Waals surface area contributed by atoms with Crippen molar-refractivity contribution in [3.8, 4) is 11.5 Å². The van der Waals surface area contributed by atoms with Crippen molar-refractivity contribution < 1.29 is 65.0 Å². The van der Waals surface area contributed by atoms with E-state index in [4.69, 9.17) is 5.73 Å². The topological polar surface area (TPSA) is 300 Å². The summed E-state index contributed by atoms with van der Waals surface area (Å²) in [5.41, 5.74) is 13.2. The SMILES string of the molecule is CC(C)N.CNS(=O)(=O)c1ccc(O)c(N/N=C2\C(=O)C=Cc3cccc(NC(C)=O)c32)c1.CNS(=O)(=O)c1ccc(O)c(N/N=C2\C(=O)C=Cc3cccc(NC(C)=O)c32)c1.[Cr].[H+]. The van der Waals surface area contributed by atoms with Crippen LogP contribution in [0.2, 0.25) is 0 Å². The monoisotopic (exact) mass is 940 g/mol. The van der Waals surface area contributed by atoms with E-state index in [-0.39, 0.29) is 74.7 Å². The molecular weight excluding hydrogens is 895 g/mol. The van der Waals surface area contributed by atoms with Gasteiger partial charge in [-0.1, -0.05) is 50.3 Å². The number of nitrogens with two attached hydrogens (primary N) is 1. The number of anilines is 4. The number of allylic oxidation sites excluding steroid dienone is 2. The molecule has 0 saturated heterocycles. The second-order valence-corrected chi connectivity index (χ2v) is 17.2. The molecule has 6 rings (SSSR count). The Bertz CT molecular complexity index is 2590. The maximum atomic E-state index is 12.4. The zero-order valence-corrected chi connectivity index (χ0v) is 37.6. The Hall–Kier alpha value is -6.51. The Morgan fingerprint density at radius 1 is 0.619 bits per heavy atom. The summed E-state index contributed by atoms with van der Waals surface area (Å²) in [6.07, 6.45) is 5.89. The molecule has 2 aliphatic rings. The van der Waals surface area contributed by atoms with E-state index in [2.05, 4.69) is 41.1 Å². The van der Waals surface area contributed by atoms with E-state index in [0.29, 0.717) is 39.7 Å². The maximum absolute atomic E-state index is 12.4. The molecule has 0 unspecified atom stereocenters. The van der Waals surface area contributed by atoms with Gasteiger partial charge in [-0.3, -0.25) is 30.0 Å². The Morgan fingerprint density at radius 2 is 0.968 bits per heavy atom. The summed E-state index contributed by atoms with van der Waals surface area (Å²) in [6, 6.07) is 17.8. The third-order valence-electron chi connectivity index (χ3n) is 8.25. The van der Waals surface area contributed by atoms with E-state index in [9.17, 15) is 46.2 Å². The minimum Gasteiger partial charge on any atom is -0.506 e. The summed E-state index contributed by atoms with van der Waals surface area (Å²) >= 11 is 0. The number of amides is 2. The number of fused-ring (bicyclic) bond motifs is 2. The Kier molecular flexibility index (Phi) is 17.8. The van der Waals surface area contributed by atoms with E-state index in [1.54, 1.807) is 48.6 Å². The number of rotatable bonds is 10. The van der Waals surface area contributed by atoms with E-state index in [1.807, 2.05) is 13.8 Å². The Balaban J connectivity index is 0.000000395. The fourth-order valence-corrected chi connectivity index (χ4v) is 7.01. The molecule has 10 N–H and O–H groups in total. The van der Waals surface area contributed by atoms with Gasteiger partial charge in [0.25, 0.3) is 0 Å². The molecule has 0 fully saturated rings. The standard InChI is InChI=1S/2C19H18N4O5S.C3H9N.Cr/c2*1-11(24)21-14-5-3-4-12-6-8-17(26)19(18(12)14)23-22-15-10-13(7-9-16(15)25)29(27,28)20-2;1-3(2)4;/h2*3-10,20,22,25H,1-2H3,(H,21,24);3H,4H2,1-2H3;/p+1/b2*23-19+;;. The molecule has 0 heterocycles. The first-order chi connectivity index (χ1) is 29.2. The molecule has 332 valence electrons. The fraction of sp³-hybridized carbons (Fsp3) is 0.171. The predicted molar refractivity (Wildman–Crippen MR) is 239 cm³/mol. The molecule has 0 atom stereocenters. The number of sulfonamides is 2. The van der Waals surface area contributed by atoms with Crippen molar-refractivity contribution in [2.45, 2.75) is 43.5 Å². The quantitative estimate of drug-likeness (QED) is 0.0809. The summed E-state index contributed by atoms with van der Waals surface area (Å²) in [5.74, 6) is -1.95. The van der Waals surface area contributed by atoms with Crippen LogP contribution < -0.4 is 36.7 Å². The van der Waals surface area contributed by atoms with Gasteiger partial charge >= 0.3 is 1.43 Å². The first-order valence-corrected chi connectivity index (χ1v) is 21.4. The van der Waals surface area contributed by atoms with E-state index in [0.717, 1.165) is 0 Å².